The molecule has 0 aliphatic carbocycles. The molecular formula is C17H35N11O4. The lowest BCUT2D eigenvalue weighted by Gasteiger charge is -2.23. The summed E-state index contributed by atoms with van der Waals surface area (Å²) in [5.41, 5.74) is 37.2. The average Bonchev–Trinajstić information content (AvgIpc) is 2.69. The van der Waals surface area contributed by atoms with Crippen molar-refractivity contribution in [1.29, 1.82) is 0 Å². The number of guanidine groups is 2. The van der Waals surface area contributed by atoms with Crippen LogP contribution in [0.3, 0.4) is 0 Å². The van der Waals surface area contributed by atoms with Crippen molar-refractivity contribution in [2.24, 2.45) is 50.1 Å². The second-order valence-electron chi connectivity index (χ2n) is 7.03. The Morgan fingerprint density at radius 1 is 0.688 bits per heavy atom. The zero-order valence-electron chi connectivity index (χ0n) is 18.0. The van der Waals surface area contributed by atoms with Crippen LogP contribution in [0.4, 0.5) is 0 Å². The van der Waals surface area contributed by atoms with E-state index in [0.29, 0.717) is 12.8 Å². The van der Waals surface area contributed by atoms with E-state index in [4.69, 9.17) is 40.1 Å². The van der Waals surface area contributed by atoms with Gasteiger partial charge >= 0.3 is 0 Å². The standard InChI is InChI=1S/C17H35N11O4/c18-9(3-1-7-25-16(21)22)14(31)28-11(5-6-12(19)29)15(32)27-10(13(20)30)4-2-8-26-17(23)24/h9-11H,1-8,18H2,(H2,19,29)(H2,20,30)(H,27,32)(H,28,31)(H4,21,22,25)(H4,23,24,26)/t9-,10-,11-/m0/s1. The van der Waals surface area contributed by atoms with Crippen LogP contribution in [0.1, 0.15) is 38.5 Å². The van der Waals surface area contributed by atoms with Gasteiger partial charge in [0.05, 0.1) is 6.04 Å². The van der Waals surface area contributed by atoms with Gasteiger partial charge in [0.15, 0.2) is 11.9 Å². The van der Waals surface area contributed by atoms with Gasteiger partial charge in [-0.25, -0.2) is 0 Å². The first-order valence-corrected chi connectivity index (χ1v) is 9.98. The molecule has 0 aromatic rings. The summed E-state index contributed by atoms with van der Waals surface area (Å²) in [5.74, 6) is -2.95. The number of hydrogen-bond donors (Lipinski definition) is 9. The van der Waals surface area contributed by atoms with Crippen molar-refractivity contribution in [1.82, 2.24) is 10.6 Å². The maximum absolute atomic E-state index is 12.7. The largest absolute Gasteiger partial charge is 0.370 e. The van der Waals surface area contributed by atoms with Crippen molar-refractivity contribution in [3.8, 4) is 0 Å². The topological polar surface area (TPSA) is 299 Å². The molecule has 0 saturated carbocycles. The predicted octanol–water partition coefficient (Wildman–Crippen LogP) is -4.86. The Balaban J connectivity index is 5.00. The summed E-state index contributed by atoms with van der Waals surface area (Å²) in [6.07, 6.45) is 0.950. The Labute approximate surface area is 185 Å². The van der Waals surface area contributed by atoms with E-state index in [-0.39, 0.29) is 50.7 Å². The highest BCUT2D eigenvalue weighted by Crippen LogP contribution is 2.04. The molecule has 0 radical (unpaired) electrons. The van der Waals surface area contributed by atoms with Gasteiger partial charge in [-0.2, -0.15) is 0 Å². The van der Waals surface area contributed by atoms with Crippen LogP contribution >= 0.6 is 0 Å². The van der Waals surface area contributed by atoms with Crippen LogP contribution in [0.5, 0.6) is 0 Å². The minimum atomic E-state index is -1.15. The Bertz CT molecular complexity index is 703. The molecule has 0 aromatic heterocycles. The smallest absolute Gasteiger partial charge is 0.243 e. The minimum absolute atomic E-state index is 0.0755. The lowest BCUT2D eigenvalue weighted by Crippen LogP contribution is -2.55. The summed E-state index contributed by atoms with van der Waals surface area (Å²) in [4.78, 5) is 55.4. The van der Waals surface area contributed by atoms with Crippen LogP contribution in [-0.4, -0.2) is 66.8 Å². The fourth-order valence-corrected chi connectivity index (χ4v) is 2.55. The number of hydrogen-bond acceptors (Lipinski definition) is 7. The second-order valence-corrected chi connectivity index (χ2v) is 7.03. The average molecular weight is 458 g/mol. The molecule has 15 heteroatoms. The van der Waals surface area contributed by atoms with Crippen molar-refractivity contribution in [3.63, 3.8) is 0 Å². The van der Waals surface area contributed by atoms with E-state index >= 15 is 0 Å². The van der Waals surface area contributed by atoms with Crippen LogP contribution in [0.25, 0.3) is 0 Å². The molecule has 16 N–H and O–H groups in total. The van der Waals surface area contributed by atoms with Gasteiger partial charge in [-0.15, -0.1) is 0 Å². The summed E-state index contributed by atoms with van der Waals surface area (Å²) in [7, 11) is 0. The number of nitrogens with two attached hydrogens (primary N) is 7. The molecule has 182 valence electrons. The SMILES string of the molecule is NC(=O)CC[C@H](NC(=O)[C@@H](N)CCCN=C(N)N)C(=O)N[C@@H](CCCN=C(N)N)C(N)=O. The van der Waals surface area contributed by atoms with Crippen LogP contribution in [-0.2, 0) is 19.2 Å². The zero-order valence-corrected chi connectivity index (χ0v) is 18.0. The highest BCUT2D eigenvalue weighted by Gasteiger charge is 2.27. The molecule has 0 rings (SSSR count). The van der Waals surface area contributed by atoms with Gasteiger partial charge in [-0.05, 0) is 32.1 Å². The maximum atomic E-state index is 12.7. The minimum Gasteiger partial charge on any atom is -0.370 e. The molecule has 4 amide bonds. The van der Waals surface area contributed by atoms with Gasteiger partial charge in [0.1, 0.15) is 12.1 Å². The molecule has 15 nitrogen and oxygen atoms in total. The van der Waals surface area contributed by atoms with Gasteiger partial charge < -0.3 is 50.8 Å². The third-order valence-corrected chi connectivity index (χ3v) is 4.22. The fraction of sp³-hybridized carbons (Fsp3) is 0.647. The highest BCUT2D eigenvalue weighted by molar-refractivity contribution is 5.93. The molecule has 0 spiro atoms. The van der Waals surface area contributed by atoms with Crippen LogP contribution < -0.4 is 50.8 Å². The fourth-order valence-electron chi connectivity index (χ4n) is 2.55. The first kappa shape index (κ1) is 28.4. The Hall–Kier alpha value is -3.62. The van der Waals surface area contributed by atoms with Gasteiger partial charge in [0.2, 0.25) is 23.6 Å². The maximum Gasteiger partial charge on any atom is 0.243 e. The second kappa shape index (κ2) is 15.2. The molecule has 0 unspecified atom stereocenters. The molecule has 0 bridgehead atoms. The summed E-state index contributed by atoms with van der Waals surface area (Å²) in [5, 5.41) is 4.93. The van der Waals surface area contributed by atoms with E-state index in [2.05, 4.69) is 20.6 Å². The van der Waals surface area contributed by atoms with Gasteiger partial charge in [0, 0.05) is 19.5 Å². The van der Waals surface area contributed by atoms with Crippen LogP contribution in [0.2, 0.25) is 0 Å². The number of amides is 4. The summed E-state index contributed by atoms with van der Waals surface area (Å²) >= 11 is 0. The van der Waals surface area contributed by atoms with Gasteiger partial charge in [0.25, 0.3) is 0 Å². The Morgan fingerprint density at radius 3 is 1.66 bits per heavy atom. The first-order valence-electron chi connectivity index (χ1n) is 9.98. The number of primary amides is 2. The number of carbonyl (C=O) groups excluding carboxylic acids is 4. The van der Waals surface area contributed by atoms with Gasteiger partial charge in [-0.3, -0.25) is 29.2 Å². The molecule has 0 fully saturated rings. The highest BCUT2D eigenvalue weighted by atomic mass is 16.2. The summed E-state index contributed by atoms with van der Waals surface area (Å²) < 4.78 is 0. The van der Waals surface area contributed by atoms with Crippen molar-refractivity contribution in [2.75, 3.05) is 13.1 Å². The molecule has 0 aliphatic heterocycles. The van der Waals surface area contributed by atoms with E-state index in [1.165, 1.54) is 0 Å². The van der Waals surface area contributed by atoms with E-state index in [1.54, 1.807) is 0 Å². The number of rotatable bonds is 16. The number of aliphatic imine (C=N–C) groups is 2. The molecule has 0 aromatic carbocycles. The number of nitrogens with zero attached hydrogens (tertiary/aromatic N) is 2. The van der Waals surface area contributed by atoms with Crippen LogP contribution in [0, 0.1) is 0 Å². The van der Waals surface area contributed by atoms with Crippen molar-refractivity contribution >= 4 is 35.5 Å². The lowest BCUT2D eigenvalue weighted by molar-refractivity contribution is -0.132. The monoisotopic (exact) mass is 457 g/mol. The van der Waals surface area contributed by atoms with E-state index in [0.717, 1.165) is 0 Å². The van der Waals surface area contributed by atoms with E-state index < -0.39 is 41.8 Å². The van der Waals surface area contributed by atoms with E-state index in [1.807, 2.05) is 0 Å². The summed E-state index contributed by atoms with van der Waals surface area (Å²) in [6, 6.07) is -3.13. The third-order valence-electron chi connectivity index (χ3n) is 4.22. The van der Waals surface area contributed by atoms with Crippen molar-refractivity contribution in [2.45, 2.75) is 56.7 Å². The quantitative estimate of drug-likeness (QED) is 0.0608. The lowest BCUT2D eigenvalue weighted by atomic mass is 10.1. The zero-order chi connectivity index (χ0) is 24.7. The Kier molecular flexibility index (Phi) is 13.5. The number of nitrogens with one attached hydrogen (secondary N) is 2. The first-order chi connectivity index (χ1) is 14.9. The third kappa shape index (κ3) is 13.6. The number of carbonyl (C=O) groups is 4. The predicted molar refractivity (Wildman–Crippen MR) is 119 cm³/mol. The Morgan fingerprint density at radius 2 is 1.19 bits per heavy atom. The van der Waals surface area contributed by atoms with Crippen molar-refractivity contribution in [3.05, 3.63) is 0 Å². The normalized spacial score (nSPS) is 13.2. The van der Waals surface area contributed by atoms with Gasteiger partial charge in [-0.1, -0.05) is 0 Å². The molecular weight excluding hydrogens is 422 g/mol. The molecule has 0 aliphatic rings. The van der Waals surface area contributed by atoms with Crippen LogP contribution in [0.15, 0.2) is 9.98 Å². The van der Waals surface area contributed by atoms with Crippen molar-refractivity contribution < 1.29 is 19.2 Å². The molecule has 0 heterocycles. The molecule has 3 atom stereocenters. The summed E-state index contributed by atoms with van der Waals surface area (Å²) in [6.45, 7) is 0.521. The van der Waals surface area contributed by atoms with E-state index in [9.17, 15) is 19.2 Å². The molecule has 0 saturated heterocycles. The molecule has 32 heavy (non-hydrogen) atoms.